The third-order valence-corrected chi connectivity index (χ3v) is 3.78. The van der Waals surface area contributed by atoms with Crippen LogP contribution >= 0.6 is 0 Å². The number of hydrogen-bond acceptors (Lipinski definition) is 2. The average molecular weight is 224 g/mol. The maximum absolute atomic E-state index is 4.06. The summed E-state index contributed by atoms with van der Waals surface area (Å²) in [4.78, 5) is 2.63. The number of nitrogens with one attached hydrogen (secondary N) is 1. The van der Waals surface area contributed by atoms with Gasteiger partial charge in [0.1, 0.15) is 0 Å². The fourth-order valence-electron chi connectivity index (χ4n) is 2.68. The number of likely N-dealkylation sites (N-methyl/N-ethyl adjacent to an activating group) is 1. The molecule has 0 aromatic rings. The van der Waals surface area contributed by atoms with Gasteiger partial charge in [-0.25, -0.2) is 0 Å². The lowest BCUT2D eigenvalue weighted by Gasteiger charge is -2.42. The van der Waals surface area contributed by atoms with Crippen LogP contribution in [0.25, 0.3) is 0 Å². The molecule has 0 aromatic carbocycles. The molecule has 1 rings (SSSR count). The minimum Gasteiger partial charge on any atom is -0.312 e. The molecule has 0 saturated carbocycles. The summed E-state index contributed by atoms with van der Waals surface area (Å²) in [6, 6.07) is 0.521. The predicted octanol–water partition coefficient (Wildman–Crippen LogP) is 2.81. The van der Waals surface area contributed by atoms with Crippen molar-refractivity contribution in [2.75, 3.05) is 19.6 Å². The monoisotopic (exact) mass is 224 g/mol. The van der Waals surface area contributed by atoms with E-state index < -0.39 is 0 Å². The van der Waals surface area contributed by atoms with Crippen molar-refractivity contribution in [2.45, 2.75) is 58.5 Å². The fraction of sp³-hybridized carbons (Fsp3) is 0.857. The molecule has 1 heterocycles. The van der Waals surface area contributed by atoms with Crippen molar-refractivity contribution < 1.29 is 0 Å². The number of nitrogens with zero attached hydrogens (tertiary/aromatic N) is 1. The van der Waals surface area contributed by atoms with E-state index in [0.717, 1.165) is 13.0 Å². The average Bonchev–Trinajstić information content (AvgIpc) is 2.69. The highest BCUT2D eigenvalue weighted by Crippen LogP contribution is 2.27. The van der Waals surface area contributed by atoms with E-state index in [1.54, 1.807) is 0 Å². The maximum Gasteiger partial charge on any atom is 0.0309 e. The van der Waals surface area contributed by atoms with Gasteiger partial charge in [0.25, 0.3) is 0 Å². The summed E-state index contributed by atoms with van der Waals surface area (Å²) in [6.07, 6.45) is 3.79. The molecule has 1 aliphatic heterocycles. The highest BCUT2D eigenvalue weighted by Gasteiger charge is 2.35. The van der Waals surface area contributed by atoms with Crippen molar-refractivity contribution in [3.63, 3.8) is 0 Å². The molecular formula is C14H28N2. The second kappa shape index (κ2) is 5.83. The van der Waals surface area contributed by atoms with Crippen LogP contribution in [0.2, 0.25) is 0 Å². The van der Waals surface area contributed by atoms with E-state index in [1.165, 1.54) is 31.5 Å². The van der Waals surface area contributed by atoms with E-state index in [9.17, 15) is 0 Å². The normalized spacial score (nSPS) is 20.0. The first kappa shape index (κ1) is 13.7. The number of rotatable bonds is 6. The molecule has 1 saturated heterocycles. The Morgan fingerprint density at radius 3 is 2.38 bits per heavy atom. The van der Waals surface area contributed by atoms with Crippen LogP contribution in [-0.4, -0.2) is 36.1 Å². The van der Waals surface area contributed by atoms with Crippen LogP contribution in [0.15, 0.2) is 12.2 Å². The van der Waals surface area contributed by atoms with E-state index in [4.69, 9.17) is 0 Å². The van der Waals surface area contributed by atoms with Crippen LogP contribution < -0.4 is 5.32 Å². The molecule has 0 spiro atoms. The van der Waals surface area contributed by atoms with Gasteiger partial charge >= 0.3 is 0 Å². The first-order valence-corrected chi connectivity index (χ1v) is 6.61. The van der Waals surface area contributed by atoms with Gasteiger partial charge in [0, 0.05) is 11.6 Å². The summed E-state index contributed by atoms with van der Waals surface area (Å²) in [5.74, 6) is 0. The molecule has 0 amide bonds. The highest BCUT2D eigenvalue weighted by atomic mass is 15.2. The quantitative estimate of drug-likeness (QED) is 0.698. The van der Waals surface area contributed by atoms with Gasteiger partial charge in [0.05, 0.1) is 0 Å². The topological polar surface area (TPSA) is 15.3 Å². The molecule has 94 valence electrons. The van der Waals surface area contributed by atoms with E-state index in [0.29, 0.717) is 6.04 Å². The third-order valence-electron chi connectivity index (χ3n) is 3.78. The Balaban J connectivity index is 2.68. The van der Waals surface area contributed by atoms with Crippen LogP contribution in [0, 0.1) is 0 Å². The van der Waals surface area contributed by atoms with Crippen molar-refractivity contribution in [1.82, 2.24) is 10.2 Å². The minimum atomic E-state index is 0.242. The summed E-state index contributed by atoms with van der Waals surface area (Å²) in [5.41, 5.74) is 1.52. The summed E-state index contributed by atoms with van der Waals surface area (Å²) < 4.78 is 0. The summed E-state index contributed by atoms with van der Waals surface area (Å²) >= 11 is 0. The van der Waals surface area contributed by atoms with Gasteiger partial charge in [-0.3, -0.25) is 4.90 Å². The summed E-state index contributed by atoms with van der Waals surface area (Å²) in [5, 5.41) is 3.63. The third kappa shape index (κ3) is 3.33. The predicted molar refractivity (Wildman–Crippen MR) is 71.8 cm³/mol. The van der Waals surface area contributed by atoms with Crippen LogP contribution in [0.3, 0.4) is 0 Å². The van der Waals surface area contributed by atoms with Gasteiger partial charge in [-0.05, 0) is 59.7 Å². The Kier molecular flexibility index (Phi) is 5.00. The zero-order valence-electron chi connectivity index (χ0n) is 11.5. The molecule has 2 nitrogen and oxygen atoms in total. The molecule has 1 N–H and O–H groups in total. The molecule has 1 fully saturated rings. The van der Waals surface area contributed by atoms with Crippen molar-refractivity contribution >= 4 is 0 Å². The molecule has 2 heteroatoms. The lowest BCUT2D eigenvalue weighted by molar-refractivity contribution is 0.107. The SMILES string of the molecule is C=C(C)CC(NCC)C(C)(C)N1CCCC1. The highest BCUT2D eigenvalue weighted by molar-refractivity contribution is 5.02. The molecule has 0 bridgehead atoms. The molecule has 0 radical (unpaired) electrons. The number of likely N-dealkylation sites (tertiary alicyclic amines) is 1. The van der Waals surface area contributed by atoms with Gasteiger partial charge in [0.15, 0.2) is 0 Å². The van der Waals surface area contributed by atoms with Crippen molar-refractivity contribution in [3.8, 4) is 0 Å². The standard InChI is InChI=1S/C14H28N2/c1-6-15-13(11-12(2)3)14(4,5)16-9-7-8-10-16/h13,15H,2,6-11H2,1,3-5H3. The number of hydrogen-bond donors (Lipinski definition) is 1. The first-order valence-electron chi connectivity index (χ1n) is 6.61. The van der Waals surface area contributed by atoms with Crippen LogP contribution in [0.5, 0.6) is 0 Å². The molecular weight excluding hydrogens is 196 g/mol. The van der Waals surface area contributed by atoms with Gasteiger partial charge in [-0.15, -0.1) is 6.58 Å². The lowest BCUT2D eigenvalue weighted by Crippen LogP contribution is -2.56. The Morgan fingerprint density at radius 1 is 1.38 bits per heavy atom. The van der Waals surface area contributed by atoms with Crippen LogP contribution in [-0.2, 0) is 0 Å². The first-order chi connectivity index (χ1) is 7.48. The van der Waals surface area contributed by atoms with E-state index in [2.05, 4.69) is 44.5 Å². The Morgan fingerprint density at radius 2 is 1.94 bits per heavy atom. The lowest BCUT2D eigenvalue weighted by atomic mass is 9.88. The molecule has 0 aliphatic carbocycles. The van der Waals surface area contributed by atoms with Crippen molar-refractivity contribution in [3.05, 3.63) is 12.2 Å². The zero-order chi connectivity index (χ0) is 12.2. The van der Waals surface area contributed by atoms with Crippen LogP contribution in [0.1, 0.15) is 47.0 Å². The maximum atomic E-state index is 4.06. The minimum absolute atomic E-state index is 0.242. The van der Waals surface area contributed by atoms with Gasteiger partial charge in [-0.1, -0.05) is 12.5 Å². The van der Waals surface area contributed by atoms with Gasteiger partial charge in [-0.2, -0.15) is 0 Å². The van der Waals surface area contributed by atoms with Crippen molar-refractivity contribution in [1.29, 1.82) is 0 Å². The second-order valence-electron chi connectivity index (χ2n) is 5.62. The van der Waals surface area contributed by atoms with Crippen LogP contribution in [0.4, 0.5) is 0 Å². The van der Waals surface area contributed by atoms with Gasteiger partial charge in [0.2, 0.25) is 0 Å². The van der Waals surface area contributed by atoms with E-state index in [1.807, 2.05) is 0 Å². The van der Waals surface area contributed by atoms with Gasteiger partial charge < -0.3 is 5.32 Å². The summed E-state index contributed by atoms with van der Waals surface area (Å²) in [6.45, 7) is 16.7. The fourth-order valence-corrected chi connectivity index (χ4v) is 2.68. The summed E-state index contributed by atoms with van der Waals surface area (Å²) in [7, 11) is 0. The van der Waals surface area contributed by atoms with Crippen molar-refractivity contribution in [2.24, 2.45) is 0 Å². The smallest absolute Gasteiger partial charge is 0.0309 e. The Hall–Kier alpha value is -0.340. The Bertz CT molecular complexity index is 227. The molecule has 1 unspecified atom stereocenters. The van der Waals surface area contributed by atoms with E-state index in [-0.39, 0.29) is 5.54 Å². The second-order valence-corrected chi connectivity index (χ2v) is 5.62. The molecule has 1 aliphatic rings. The molecule has 16 heavy (non-hydrogen) atoms. The molecule has 1 atom stereocenters. The molecule has 0 aromatic heterocycles. The largest absolute Gasteiger partial charge is 0.312 e. The zero-order valence-corrected chi connectivity index (χ0v) is 11.5. The van der Waals surface area contributed by atoms with E-state index >= 15 is 0 Å². The Labute approximate surface area is 101 Å².